The summed E-state index contributed by atoms with van der Waals surface area (Å²) in [5, 5.41) is 0. The molecule has 2 nitrogen and oxygen atoms in total. The summed E-state index contributed by atoms with van der Waals surface area (Å²) in [6, 6.07) is 10.4. The van der Waals surface area contributed by atoms with E-state index in [-0.39, 0.29) is 5.91 Å². The first-order chi connectivity index (χ1) is 8.56. The quantitative estimate of drug-likeness (QED) is 0.703. The molecular weight excluding hydrogens is 222 g/mol. The zero-order valence-electron chi connectivity index (χ0n) is 11.6. The van der Waals surface area contributed by atoms with Crippen molar-refractivity contribution in [3.63, 3.8) is 0 Å². The molecule has 0 aliphatic rings. The van der Waals surface area contributed by atoms with Gasteiger partial charge in [0.25, 0.3) is 0 Å². The van der Waals surface area contributed by atoms with Crippen molar-refractivity contribution in [2.24, 2.45) is 5.92 Å². The third-order valence-electron chi connectivity index (χ3n) is 3.48. The number of benzene rings is 1. The number of hydrogen-bond donors (Lipinski definition) is 0. The van der Waals surface area contributed by atoms with Crippen LogP contribution in [0.3, 0.4) is 0 Å². The molecule has 2 unspecified atom stereocenters. The van der Waals surface area contributed by atoms with Gasteiger partial charge >= 0.3 is 0 Å². The second-order valence-corrected chi connectivity index (χ2v) is 4.89. The minimum absolute atomic E-state index is 0.113. The molecule has 1 rings (SSSR count). The molecule has 0 heterocycles. The summed E-state index contributed by atoms with van der Waals surface area (Å²) < 4.78 is 0. The van der Waals surface area contributed by atoms with Gasteiger partial charge in [-0.25, -0.2) is 0 Å². The fourth-order valence-electron chi connectivity index (χ4n) is 2.08. The monoisotopic (exact) mass is 245 g/mol. The standard InChI is InChI=1S/C16H23NO/c1-5-11-17(15(4)18)12-13(2)14(3)16-9-7-6-8-10-16/h5-10,13-14H,1,11-12H2,2-4H3. The van der Waals surface area contributed by atoms with Gasteiger partial charge in [0.1, 0.15) is 0 Å². The van der Waals surface area contributed by atoms with Crippen LogP contribution in [0.15, 0.2) is 43.0 Å². The first kappa shape index (κ1) is 14.5. The van der Waals surface area contributed by atoms with Gasteiger partial charge in [0.05, 0.1) is 0 Å². The molecule has 0 aliphatic carbocycles. The number of hydrogen-bond acceptors (Lipinski definition) is 1. The van der Waals surface area contributed by atoms with Crippen molar-refractivity contribution in [1.29, 1.82) is 0 Å². The van der Waals surface area contributed by atoms with Gasteiger partial charge in [-0.05, 0) is 17.4 Å². The van der Waals surface area contributed by atoms with Crippen molar-refractivity contribution >= 4 is 5.91 Å². The Morgan fingerprint density at radius 3 is 2.44 bits per heavy atom. The fourth-order valence-corrected chi connectivity index (χ4v) is 2.08. The topological polar surface area (TPSA) is 20.3 Å². The molecule has 0 bridgehead atoms. The Bertz CT molecular complexity index is 385. The zero-order valence-corrected chi connectivity index (χ0v) is 11.6. The van der Waals surface area contributed by atoms with Crippen LogP contribution in [-0.2, 0) is 4.79 Å². The minimum atomic E-state index is 0.113. The molecule has 1 aromatic rings. The van der Waals surface area contributed by atoms with Crippen LogP contribution in [0.4, 0.5) is 0 Å². The van der Waals surface area contributed by atoms with Gasteiger partial charge in [-0.1, -0.05) is 50.3 Å². The van der Waals surface area contributed by atoms with Crippen molar-refractivity contribution in [3.8, 4) is 0 Å². The first-order valence-electron chi connectivity index (χ1n) is 6.47. The van der Waals surface area contributed by atoms with Crippen molar-refractivity contribution < 1.29 is 4.79 Å². The van der Waals surface area contributed by atoms with Crippen molar-refractivity contribution in [1.82, 2.24) is 4.90 Å². The number of amides is 1. The van der Waals surface area contributed by atoms with E-state index in [1.54, 1.807) is 13.0 Å². The van der Waals surface area contributed by atoms with Crippen LogP contribution in [0.25, 0.3) is 0 Å². The molecule has 2 atom stereocenters. The van der Waals surface area contributed by atoms with E-state index in [0.717, 1.165) is 6.54 Å². The normalized spacial score (nSPS) is 13.7. The molecule has 18 heavy (non-hydrogen) atoms. The Morgan fingerprint density at radius 1 is 1.33 bits per heavy atom. The van der Waals surface area contributed by atoms with Gasteiger partial charge in [-0.2, -0.15) is 0 Å². The average Bonchev–Trinajstić information content (AvgIpc) is 2.38. The third-order valence-corrected chi connectivity index (χ3v) is 3.48. The third kappa shape index (κ3) is 4.02. The summed E-state index contributed by atoms with van der Waals surface area (Å²) in [4.78, 5) is 13.4. The number of nitrogens with zero attached hydrogens (tertiary/aromatic N) is 1. The molecule has 0 aromatic heterocycles. The number of carbonyl (C=O) groups excluding carboxylic acids is 1. The van der Waals surface area contributed by atoms with E-state index in [2.05, 4.69) is 44.7 Å². The highest BCUT2D eigenvalue weighted by Gasteiger charge is 2.18. The average molecular weight is 245 g/mol. The molecule has 0 saturated carbocycles. The van der Waals surface area contributed by atoms with Crippen molar-refractivity contribution in [3.05, 3.63) is 48.6 Å². The SMILES string of the molecule is C=CCN(CC(C)C(C)c1ccccc1)C(C)=O. The van der Waals surface area contributed by atoms with Crippen LogP contribution in [0.2, 0.25) is 0 Å². The van der Waals surface area contributed by atoms with Crippen LogP contribution in [-0.4, -0.2) is 23.9 Å². The lowest BCUT2D eigenvalue weighted by Crippen LogP contribution is -2.34. The molecule has 1 aromatic carbocycles. The predicted molar refractivity (Wildman–Crippen MR) is 76.5 cm³/mol. The highest BCUT2D eigenvalue weighted by Crippen LogP contribution is 2.24. The Kier molecular flexibility index (Phi) is 5.63. The van der Waals surface area contributed by atoms with E-state index in [4.69, 9.17) is 0 Å². The van der Waals surface area contributed by atoms with Gasteiger partial charge in [0.15, 0.2) is 0 Å². The Balaban J connectivity index is 2.66. The molecule has 0 aliphatic heterocycles. The highest BCUT2D eigenvalue weighted by atomic mass is 16.2. The van der Waals surface area contributed by atoms with Crippen molar-refractivity contribution in [2.45, 2.75) is 26.7 Å². The predicted octanol–water partition coefficient (Wildman–Crippen LogP) is 3.46. The minimum Gasteiger partial charge on any atom is -0.339 e. The Morgan fingerprint density at radius 2 is 1.94 bits per heavy atom. The zero-order chi connectivity index (χ0) is 13.5. The molecular formula is C16H23NO. The molecule has 2 heteroatoms. The summed E-state index contributed by atoms with van der Waals surface area (Å²) in [5.41, 5.74) is 1.33. The molecule has 98 valence electrons. The largest absolute Gasteiger partial charge is 0.339 e. The van der Waals surface area contributed by atoms with E-state index < -0.39 is 0 Å². The first-order valence-corrected chi connectivity index (χ1v) is 6.47. The van der Waals surface area contributed by atoms with E-state index in [1.807, 2.05) is 11.0 Å². The smallest absolute Gasteiger partial charge is 0.219 e. The van der Waals surface area contributed by atoms with Crippen LogP contribution >= 0.6 is 0 Å². The highest BCUT2D eigenvalue weighted by molar-refractivity contribution is 5.73. The van der Waals surface area contributed by atoms with Crippen LogP contribution in [0.1, 0.15) is 32.3 Å². The van der Waals surface area contributed by atoms with Gasteiger partial charge in [-0.3, -0.25) is 4.79 Å². The lowest BCUT2D eigenvalue weighted by molar-refractivity contribution is -0.128. The molecule has 0 N–H and O–H groups in total. The summed E-state index contributed by atoms with van der Waals surface area (Å²) in [6.45, 7) is 11.1. The van der Waals surface area contributed by atoms with E-state index in [1.165, 1.54) is 5.56 Å². The maximum absolute atomic E-state index is 11.5. The van der Waals surface area contributed by atoms with E-state index >= 15 is 0 Å². The Hall–Kier alpha value is -1.57. The summed E-state index contributed by atoms with van der Waals surface area (Å²) in [5.74, 6) is 0.983. The van der Waals surface area contributed by atoms with Crippen LogP contribution in [0.5, 0.6) is 0 Å². The maximum atomic E-state index is 11.5. The Labute approximate surface area is 110 Å². The van der Waals surface area contributed by atoms with Gasteiger partial charge in [0, 0.05) is 20.0 Å². The van der Waals surface area contributed by atoms with Gasteiger partial charge in [0.2, 0.25) is 5.91 Å². The van der Waals surface area contributed by atoms with Gasteiger partial charge < -0.3 is 4.90 Å². The van der Waals surface area contributed by atoms with Crippen molar-refractivity contribution in [2.75, 3.05) is 13.1 Å². The summed E-state index contributed by atoms with van der Waals surface area (Å²) >= 11 is 0. The van der Waals surface area contributed by atoms with Crippen LogP contribution < -0.4 is 0 Å². The van der Waals surface area contributed by atoms with Gasteiger partial charge in [-0.15, -0.1) is 6.58 Å². The second kappa shape index (κ2) is 7.00. The van der Waals surface area contributed by atoms with E-state index in [9.17, 15) is 4.79 Å². The number of carbonyl (C=O) groups is 1. The molecule has 0 radical (unpaired) electrons. The molecule has 0 fully saturated rings. The lowest BCUT2D eigenvalue weighted by atomic mass is 9.88. The maximum Gasteiger partial charge on any atom is 0.219 e. The molecule has 1 amide bonds. The lowest BCUT2D eigenvalue weighted by Gasteiger charge is -2.27. The molecule has 0 spiro atoms. The number of rotatable bonds is 6. The molecule has 0 saturated heterocycles. The summed E-state index contributed by atoms with van der Waals surface area (Å²) in [7, 11) is 0. The second-order valence-electron chi connectivity index (χ2n) is 4.89. The van der Waals surface area contributed by atoms with Crippen LogP contribution in [0, 0.1) is 5.92 Å². The van der Waals surface area contributed by atoms with E-state index in [0.29, 0.717) is 18.4 Å². The fraction of sp³-hybridized carbons (Fsp3) is 0.438. The summed E-state index contributed by atoms with van der Waals surface area (Å²) in [6.07, 6.45) is 1.78.